The van der Waals surface area contributed by atoms with E-state index in [1.807, 2.05) is 0 Å². The van der Waals surface area contributed by atoms with E-state index in [0.29, 0.717) is 10.8 Å². The second-order valence-corrected chi connectivity index (χ2v) is 19.3. The number of hydrogen-bond donors (Lipinski definition) is 2. The van der Waals surface area contributed by atoms with Crippen LogP contribution in [-0.4, -0.2) is 22.4 Å². The van der Waals surface area contributed by atoms with Gasteiger partial charge in [0.15, 0.2) is 0 Å². The van der Waals surface area contributed by atoms with Gasteiger partial charge in [-0.05, 0) is 158 Å². The third kappa shape index (κ3) is 5.60. The van der Waals surface area contributed by atoms with E-state index in [1.165, 1.54) is 77.0 Å². The van der Waals surface area contributed by atoms with Crippen LogP contribution in [0.25, 0.3) is 0 Å². The lowest BCUT2D eigenvalue weighted by Gasteiger charge is -2.58. The molecule has 6 rings (SSSR count). The van der Waals surface area contributed by atoms with Crippen molar-refractivity contribution in [3.05, 3.63) is 0 Å². The molecule has 0 aromatic heterocycles. The fourth-order valence-electron chi connectivity index (χ4n) is 13.3. The van der Waals surface area contributed by atoms with Gasteiger partial charge in [0.25, 0.3) is 0 Å². The molecule has 42 heavy (non-hydrogen) atoms. The van der Waals surface area contributed by atoms with E-state index in [-0.39, 0.29) is 23.0 Å². The largest absolute Gasteiger partial charge is 0.393 e. The molecule has 6 saturated carbocycles. The van der Waals surface area contributed by atoms with Gasteiger partial charge in [-0.15, -0.1) is 0 Å². The smallest absolute Gasteiger partial charge is 0.0596 e. The molecule has 0 amide bonds. The van der Waals surface area contributed by atoms with Crippen molar-refractivity contribution in [3.63, 3.8) is 0 Å². The fraction of sp³-hybridized carbons (Fsp3) is 1.00. The lowest BCUT2D eigenvalue weighted by atomic mass is 9.48. The number of fused-ring (bicyclic) bond motifs is 6. The minimum absolute atomic E-state index is 0.0593. The molecular formula is C40H72O2. The highest BCUT2D eigenvalue weighted by molar-refractivity contribution is 5.04. The Labute approximate surface area is 262 Å². The van der Waals surface area contributed by atoms with E-state index in [9.17, 15) is 10.2 Å². The highest BCUT2D eigenvalue weighted by Gasteiger charge is 2.55. The van der Waals surface area contributed by atoms with Crippen molar-refractivity contribution in [2.75, 3.05) is 0 Å². The third-order valence-corrected chi connectivity index (χ3v) is 16.8. The molecule has 0 heterocycles. The zero-order valence-electron chi connectivity index (χ0n) is 29.7. The zero-order chi connectivity index (χ0) is 30.8. The Balaban J connectivity index is 0.000000168. The van der Waals surface area contributed by atoms with Gasteiger partial charge in [0.1, 0.15) is 0 Å². The van der Waals surface area contributed by atoms with Gasteiger partial charge >= 0.3 is 0 Å². The van der Waals surface area contributed by atoms with Crippen molar-refractivity contribution in [1.82, 2.24) is 0 Å². The molecule has 2 nitrogen and oxygen atoms in total. The van der Waals surface area contributed by atoms with Crippen LogP contribution in [-0.2, 0) is 0 Å². The molecular weight excluding hydrogens is 512 g/mol. The van der Waals surface area contributed by atoms with Gasteiger partial charge in [0.05, 0.1) is 12.2 Å². The molecule has 0 radical (unpaired) electrons. The fourth-order valence-corrected chi connectivity index (χ4v) is 13.3. The summed E-state index contributed by atoms with van der Waals surface area (Å²) in [5.74, 6) is 8.27. The van der Waals surface area contributed by atoms with Crippen molar-refractivity contribution in [1.29, 1.82) is 0 Å². The van der Waals surface area contributed by atoms with Crippen LogP contribution in [0.2, 0.25) is 0 Å². The van der Waals surface area contributed by atoms with E-state index < -0.39 is 0 Å². The number of aliphatic hydroxyl groups excluding tert-OH is 2. The Morgan fingerprint density at radius 2 is 0.714 bits per heavy atom. The van der Waals surface area contributed by atoms with Crippen LogP contribution in [0, 0.1) is 80.8 Å². The molecule has 0 aliphatic heterocycles. The number of hydrogen-bond acceptors (Lipinski definition) is 2. The molecule has 2 N–H and O–H groups in total. The SMILES string of the molecule is C[C@@H]1CCC(O)[C@@]2(C)CC[C@H]3[C@H](C)CC[C@@H](C[C@H]12)C3(C)C.C[C@@H]1CCC(O)[C@@]2(C)CC[C@H]3[C@H](C)CC[C@@H](C[C@H]12)C3(C)C. The van der Waals surface area contributed by atoms with Crippen LogP contribution in [0.5, 0.6) is 0 Å². The number of aliphatic hydroxyl groups is 2. The van der Waals surface area contributed by atoms with Gasteiger partial charge in [-0.3, -0.25) is 0 Å². The Hall–Kier alpha value is -0.0800. The van der Waals surface area contributed by atoms with E-state index in [4.69, 9.17) is 0 Å². The summed E-state index contributed by atoms with van der Waals surface area (Å²) >= 11 is 0. The first-order valence-electron chi connectivity index (χ1n) is 18.9. The Morgan fingerprint density at radius 1 is 0.405 bits per heavy atom. The summed E-state index contributed by atoms with van der Waals surface area (Å²) in [6, 6.07) is 0. The van der Waals surface area contributed by atoms with Crippen molar-refractivity contribution in [3.8, 4) is 0 Å². The third-order valence-electron chi connectivity index (χ3n) is 16.8. The van der Waals surface area contributed by atoms with Crippen LogP contribution >= 0.6 is 0 Å². The van der Waals surface area contributed by atoms with Gasteiger partial charge < -0.3 is 10.2 Å². The summed E-state index contributed by atoms with van der Waals surface area (Å²) in [6.07, 6.45) is 18.0. The van der Waals surface area contributed by atoms with E-state index >= 15 is 0 Å². The molecule has 0 spiro atoms. The summed E-state index contributed by atoms with van der Waals surface area (Å²) in [4.78, 5) is 0. The summed E-state index contributed by atoms with van der Waals surface area (Å²) in [5.41, 5.74) is 1.37. The predicted octanol–water partition coefficient (Wildman–Crippen LogP) is 10.5. The minimum Gasteiger partial charge on any atom is -0.393 e. The normalized spacial score (nSPS) is 53.4. The van der Waals surface area contributed by atoms with Crippen LogP contribution in [0.4, 0.5) is 0 Å². The Bertz CT molecular complexity index is 849. The lowest BCUT2D eigenvalue weighted by molar-refractivity contribution is -0.121. The second-order valence-electron chi connectivity index (χ2n) is 19.3. The van der Waals surface area contributed by atoms with Gasteiger partial charge in [0, 0.05) is 0 Å². The van der Waals surface area contributed by atoms with Gasteiger partial charge in [-0.1, -0.05) is 82.1 Å². The maximum atomic E-state index is 10.8. The topological polar surface area (TPSA) is 40.5 Å². The van der Waals surface area contributed by atoms with Crippen LogP contribution in [0.15, 0.2) is 0 Å². The van der Waals surface area contributed by atoms with Crippen molar-refractivity contribution < 1.29 is 10.2 Å². The molecule has 6 aliphatic carbocycles. The summed E-state index contributed by atoms with van der Waals surface area (Å²) < 4.78 is 0. The molecule has 4 bridgehead atoms. The minimum atomic E-state index is -0.0593. The average Bonchev–Trinajstić information content (AvgIpc) is 2.90. The van der Waals surface area contributed by atoms with Crippen LogP contribution in [0.1, 0.15) is 159 Å². The zero-order valence-corrected chi connectivity index (χ0v) is 29.7. The first-order valence-corrected chi connectivity index (χ1v) is 18.9. The summed E-state index contributed by atoms with van der Waals surface area (Å²) in [5, 5.41) is 21.5. The molecule has 2 unspecified atom stereocenters. The molecule has 2 heteroatoms. The Kier molecular flexibility index (Phi) is 9.46. The van der Waals surface area contributed by atoms with Crippen LogP contribution in [0.3, 0.4) is 0 Å². The molecule has 244 valence electrons. The quantitative estimate of drug-likeness (QED) is 0.297. The predicted molar refractivity (Wildman–Crippen MR) is 178 cm³/mol. The molecule has 6 fully saturated rings. The van der Waals surface area contributed by atoms with Crippen LogP contribution < -0.4 is 0 Å². The highest BCUT2D eigenvalue weighted by atomic mass is 16.3. The Morgan fingerprint density at radius 3 is 1.07 bits per heavy atom. The monoisotopic (exact) mass is 585 g/mol. The summed E-state index contributed by atoms with van der Waals surface area (Å²) in [6.45, 7) is 24.9. The molecule has 6 aliphatic rings. The van der Waals surface area contributed by atoms with Gasteiger partial charge in [0.2, 0.25) is 0 Å². The molecule has 0 saturated heterocycles. The lowest BCUT2D eigenvalue weighted by Crippen LogP contribution is -2.52. The van der Waals surface area contributed by atoms with Crippen molar-refractivity contribution >= 4 is 0 Å². The average molecular weight is 585 g/mol. The second kappa shape index (κ2) is 11.9. The highest BCUT2D eigenvalue weighted by Crippen LogP contribution is 2.61. The standard InChI is InChI=1S/2C20H36O/c2*1-13-6-8-15-12-17-14(2)7-9-18(21)20(17,5)11-10-16(13)19(15,3)4/h2*13-18,21H,6-12H2,1-5H3/t2*13-,14-,15+,16+,17-,18?,20+/m11/s1. The van der Waals surface area contributed by atoms with Crippen molar-refractivity contribution in [2.24, 2.45) is 80.8 Å². The van der Waals surface area contributed by atoms with Crippen molar-refractivity contribution in [2.45, 2.75) is 171 Å². The van der Waals surface area contributed by atoms with E-state index in [1.54, 1.807) is 0 Å². The summed E-state index contributed by atoms with van der Waals surface area (Å²) in [7, 11) is 0. The van der Waals surface area contributed by atoms with Gasteiger partial charge in [-0.2, -0.15) is 0 Å². The first-order chi connectivity index (χ1) is 19.5. The maximum absolute atomic E-state index is 10.8. The molecule has 0 aromatic rings. The van der Waals surface area contributed by atoms with E-state index in [0.717, 1.165) is 72.0 Å². The maximum Gasteiger partial charge on any atom is 0.0596 e. The van der Waals surface area contributed by atoms with E-state index in [2.05, 4.69) is 69.2 Å². The van der Waals surface area contributed by atoms with Gasteiger partial charge in [-0.25, -0.2) is 0 Å². The molecule has 0 aromatic carbocycles. The number of rotatable bonds is 0. The first kappa shape index (κ1) is 33.3. The molecule has 14 atom stereocenters.